The Hall–Kier alpha value is -0.190. The monoisotopic (exact) mass is 301 g/mol. The molecule has 1 saturated heterocycles. The van der Waals surface area contributed by atoms with Crippen LogP contribution in [0.25, 0.3) is 0 Å². The Kier molecular flexibility index (Phi) is 4.24. The Labute approximate surface area is 125 Å². The molecule has 0 saturated carbocycles. The minimum Gasteiger partial charge on any atom is -0.316 e. The van der Waals surface area contributed by atoms with Crippen molar-refractivity contribution in [3.8, 4) is 0 Å². The molecule has 0 bridgehead atoms. The van der Waals surface area contributed by atoms with E-state index in [1.807, 2.05) is 6.33 Å². The van der Waals surface area contributed by atoms with E-state index in [1.165, 1.54) is 0 Å². The van der Waals surface area contributed by atoms with Crippen molar-refractivity contribution in [3.63, 3.8) is 0 Å². The maximum Gasteiger partial charge on any atom is 0.129 e. The van der Waals surface area contributed by atoms with Crippen LogP contribution in [0.3, 0.4) is 0 Å². The topological polar surface area (TPSA) is 21.1 Å². The first kappa shape index (κ1) is 15.2. The number of halogens is 1. The Morgan fingerprint density at radius 1 is 1.37 bits per heavy atom. The van der Waals surface area contributed by atoms with E-state index in [4.69, 9.17) is 11.6 Å². The second kappa shape index (κ2) is 5.30. The molecule has 1 aromatic rings. The normalized spacial score (nSPS) is 22.1. The van der Waals surface area contributed by atoms with Gasteiger partial charge >= 0.3 is 0 Å². The van der Waals surface area contributed by atoms with Crippen LogP contribution in [0.2, 0.25) is 5.15 Å². The van der Waals surface area contributed by atoms with Crippen LogP contribution >= 0.6 is 23.4 Å². The van der Waals surface area contributed by atoms with Crippen molar-refractivity contribution in [2.45, 2.75) is 57.4 Å². The van der Waals surface area contributed by atoms with Crippen LogP contribution in [0.4, 0.5) is 0 Å². The highest BCUT2D eigenvalue weighted by atomic mass is 35.5. The molecule has 0 amide bonds. The van der Waals surface area contributed by atoms with Gasteiger partial charge in [-0.3, -0.25) is 4.90 Å². The summed E-state index contributed by atoms with van der Waals surface area (Å²) in [4.78, 5) is 6.68. The zero-order chi connectivity index (χ0) is 14.3. The van der Waals surface area contributed by atoms with Crippen LogP contribution in [0, 0.1) is 0 Å². The van der Waals surface area contributed by atoms with Crippen molar-refractivity contribution in [2.24, 2.45) is 0 Å². The second-order valence-electron chi connectivity index (χ2n) is 6.91. The predicted molar refractivity (Wildman–Crippen MR) is 83.9 cm³/mol. The molecule has 1 aliphatic rings. The van der Waals surface area contributed by atoms with Gasteiger partial charge in [-0.15, -0.1) is 11.8 Å². The Morgan fingerprint density at radius 2 is 2.05 bits per heavy atom. The molecule has 19 heavy (non-hydrogen) atoms. The highest BCUT2D eigenvalue weighted by Gasteiger charge is 2.35. The lowest BCUT2D eigenvalue weighted by Gasteiger charge is -2.33. The fraction of sp³-hybridized carbons (Fsp3) is 0.786. The molecule has 2 heterocycles. The summed E-state index contributed by atoms with van der Waals surface area (Å²) in [6.45, 7) is 12.5. The van der Waals surface area contributed by atoms with Gasteiger partial charge in [0, 0.05) is 28.7 Å². The molecule has 1 unspecified atom stereocenters. The third-order valence-corrected chi connectivity index (χ3v) is 5.34. The first-order valence-electron chi connectivity index (χ1n) is 6.75. The molecule has 5 heteroatoms. The molecule has 3 nitrogen and oxygen atoms in total. The number of rotatable bonds is 3. The molecule has 0 N–H and O–H groups in total. The fourth-order valence-corrected chi connectivity index (χ4v) is 4.54. The average molecular weight is 302 g/mol. The summed E-state index contributed by atoms with van der Waals surface area (Å²) in [7, 11) is 0. The largest absolute Gasteiger partial charge is 0.316 e. The standard InChI is InChI=1S/C14H24ClN3S/c1-13(2,3)17-8-11(19-10-17)6-14(4,5)18-9-16-7-12(18)15/h7,9,11H,6,8,10H2,1-5H3. The zero-order valence-corrected chi connectivity index (χ0v) is 14.1. The molecule has 0 aliphatic carbocycles. The smallest absolute Gasteiger partial charge is 0.129 e. The average Bonchev–Trinajstić information content (AvgIpc) is 2.85. The van der Waals surface area contributed by atoms with Gasteiger partial charge in [0.1, 0.15) is 5.15 Å². The molecule has 0 radical (unpaired) electrons. The quantitative estimate of drug-likeness (QED) is 0.846. The highest BCUT2D eigenvalue weighted by Crippen LogP contribution is 2.36. The van der Waals surface area contributed by atoms with Gasteiger partial charge < -0.3 is 4.57 Å². The minimum absolute atomic E-state index is 0.0130. The molecular weight excluding hydrogens is 278 g/mol. The molecule has 0 spiro atoms. The minimum atomic E-state index is 0.0130. The van der Waals surface area contributed by atoms with Gasteiger partial charge in [0.2, 0.25) is 0 Å². The third kappa shape index (κ3) is 3.47. The molecule has 1 aromatic heterocycles. The summed E-state index contributed by atoms with van der Waals surface area (Å²) in [5.41, 5.74) is 0.275. The summed E-state index contributed by atoms with van der Waals surface area (Å²) < 4.78 is 2.08. The van der Waals surface area contributed by atoms with Gasteiger partial charge in [0.05, 0.1) is 12.5 Å². The maximum absolute atomic E-state index is 6.19. The van der Waals surface area contributed by atoms with Crippen molar-refractivity contribution < 1.29 is 0 Å². The summed E-state index contributed by atoms with van der Waals surface area (Å²) in [5, 5.41) is 1.38. The van der Waals surface area contributed by atoms with Crippen LogP contribution < -0.4 is 0 Å². The van der Waals surface area contributed by atoms with Crippen LogP contribution in [0.1, 0.15) is 41.0 Å². The third-order valence-electron chi connectivity index (χ3n) is 3.81. The number of imidazole rings is 1. The first-order chi connectivity index (χ1) is 8.70. The molecule has 1 aliphatic heterocycles. The SMILES string of the molecule is CC(C)(C)N1CSC(CC(C)(C)n2cncc2Cl)C1. The maximum atomic E-state index is 6.19. The molecule has 0 aromatic carbocycles. The molecular formula is C14H24ClN3S. The number of thioether (sulfide) groups is 1. The van der Waals surface area contributed by atoms with Gasteiger partial charge in [-0.05, 0) is 41.0 Å². The van der Waals surface area contributed by atoms with Crippen LogP contribution in [0.5, 0.6) is 0 Å². The Morgan fingerprint density at radius 3 is 2.53 bits per heavy atom. The number of aromatic nitrogens is 2. The lowest BCUT2D eigenvalue weighted by atomic mass is 9.97. The zero-order valence-electron chi connectivity index (χ0n) is 12.5. The highest BCUT2D eigenvalue weighted by molar-refractivity contribution is 8.00. The van der Waals surface area contributed by atoms with Crippen molar-refractivity contribution in [3.05, 3.63) is 17.7 Å². The molecule has 108 valence electrons. The Balaban J connectivity index is 2.01. The van der Waals surface area contributed by atoms with Crippen molar-refractivity contribution in [1.29, 1.82) is 0 Å². The first-order valence-corrected chi connectivity index (χ1v) is 8.18. The summed E-state index contributed by atoms with van der Waals surface area (Å²) in [6.07, 6.45) is 4.66. The van der Waals surface area contributed by atoms with E-state index < -0.39 is 0 Å². The predicted octanol–water partition coefficient (Wildman–Crippen LogP) is 3.84. The van der Waals surface area contributed by atoms with E-state index in [1.54, 1.807) is 6.20 Å². The molecule has 1 atom stereocenters. The molecule has 2 rings (SSSR count). The van der Waals surface area contributed by atoms with Crippen LogP contribution in [-0.4, -0.2) is 37.7 Å². The van der Waals surface area contributed by atoms with E-state index in [-0.39, 0.29) is 11.1 Å². The van der Waals surface area contributed by atoms with Crippen molar-refractivity contribution in [2.75, 3.05) is 12.4 Å². The fourth-order valence-electron chi connectivity index (χ4n) is 2.52. The summed E-state index contributed by atoms with van der Waals surface area (Å²) >= 11 is 8.25. The van der Waals surface area contributed by atoms with Crippen molar-refractivity contribution >= 4 is 23.4 Å². The van der Waals surface area contributed by atoms with E-state index in [0.29, 0.717) is 5.25 Å². The second-order valence-corrected chi connectivity index (χ2v) is 8.56. The van der Waals surface area contributed by atoms with E-state index >= 15 is 0 Å². The van der Waals surface area contributed by atoms with Gasteiger partial charge in [-0.1, -0.05) is 11.6 Å². The van der Waals surface area contributed by atoms with E-state index in [9.17, 15) is 0 Å². The Bertz CT molecular complexity index is 436. The number of hydrogen-bond acceptors (Lipinski definition) is 3. The van der Waals surface area contributed by atoms with E-state index in [0.717, 1.165) is 24.0 Å². The van der Waals surface area contributed by atoms with Crippen LogP contribution in [-0.2, 0) is 5.54 Å². The van der Waals surface area contributed by atoms with E-state index in [2.05, 4.69) is 60.8 Å². The van der Waals surface area contributed by atoms with Gasteiger partial charge in [-0.2, -0.15) is 0 Å². The van der Waals surface area contributed by atoms with Gasteiger partial charge in [0.25, 0.3) is 0 Å². The number of nitrogens with zero attached hydrogens (tertiary/aromatic N) is 3. The lowest BCUT2D eigenvalue weighted by molar-refractivity contribution is 0.171. The lowest BCUT2D eigenvalue weighted by Crippen LogP contribution is -2.40. The van der Waals surface area contributed by atoms with Crippen LogP contribution in [0.15, 0.2) is 12.5 Å². The van der Waals surface area contributed by atoms with Crippen molar-refractivity contribution in [1.82, 2.24) is 14.5 Å². The van der Waals surface area contributed by atoms with Gasteiger partial charge in [-0.25, -0.2) is 4.98 Å². The number of hydrogen-bond donors (Lipinski definition) is 0. The summed E-state index contributed by atoms with van der Waals surface area (Å²) in [5.74, 6) is 1.13. The summed E-state index contributed by atoms with van der Waals surface area (Å²) in [6, 6.07) is 0. The molecule has 1 fully saturated rings. The van der Waals surface area contributed by atoms with Gasteiger partial charge in [0.15, 0.2) is 0 Å².